The van der Waals surface area contributed by atoms with Gasteiger partial charge in [-0.1, -0.05) is 18.2 Å². The molecular weight excluding hydrogens is 280 g/mol. The van der Waals surface area contributed by atoms with Gasteiger partial charge in [0.2, 0.25) is 0 Å². The second kappa shape index (κ2) is 6.30. The third kappa shape index (κ3) is 2.93. The topological polar surface area (TPSA) is 64.4 Å². The van der Waals surface area contributed by atoms with Crippen LogP contribution in [0.15, 0.2) is 53.3 Å². The van der Waals surface area contributed by atoms with Crippen LogP contribution in [-0.4, -0.2) is 24.5 Å². The summed E-state index contributed by atoms with van der Waals surface area (Å²) in [6, 6.07) is 13.0. The summed E-state index contributed by atoms with van der Waals surface area (Å²) >= 11 is 0. The molecule has 0 aliphatic carbocycles. The summed E-state index contributed by atoms with van der Waals surface area (Å²) in [4.78, 5) is 16.2. The quantitative estimate of drug-likeness (QED) is 0.786. The van der Waals surface area contributed by atoms with Crippen molar-refractivity contribution in [2.75, 3.05) is 13.7 Å². The average molecular weight is 296 g/mol. The third-order valence-corrected chi connectivity index (χ3v) is 3.47. The molecule has 0 radical (unpaired) electrons. The second-order valence-corrected chi connectivity index (χ2v) is 4.85. The average Bonchev–Trinajstić information content (AvgIpc) is 3.02. The normalized spacial score (nSPS) is 10.6. The van der Waals surface area contributed by atoms with Crippen LogP contribution in [0.1, 0.15) is 15.9 Å². The highest BCUT2D eigenvalue weighted by atomic mass is 16.5. The molecule has 0 saturated heterocycles. The molecule has 3 rings (SSSR count). The van der Waals surface area contributed by atoms with E-state index >= 15 is 0 Å². The molecule has 22 heavy (non-hydrogen) atoms. The van der Waals surface area contributed by atoms with Crippen LogP contribution in [0.25, 0.3) is 11.1 Å². The molecular formula is C17H16N2O3. The molecule has 0 bridgehead atoms. The van der Waals surface area contributed by atoms with E-state index in [4.69, 9.17) is 9.15 Å². The molecule has 5 nitrogen and oxygen atoms in total. The number of nitrogens with one attached hydrogen (secondary N) is 1. The summed E-state index contributed by atoms with van der Waals surface area (Å²) < 4.78 is 10.5. The van der Waals surface area contributed by atoms with Crippen molar-refractivity contribution in [3.8, 4) is 5.75 Å². The first-order valence-electron chi connectivity index (χ1n) is 7.01. The summed E-state index contributed by atoms with van der Waals surface area (Å²) in [6.45, 7) is 0.538. The van der Waals surface area contributed by atoms with Gasteiger partial charge in [0.15, 0.2) is 12.0 Å². The maximum atomic E-state index is 12.2. The fourth-order valence-corrected chi connectivity index (χ4v) is 2.32. The minimum absolute atomic E-state index is 0.125. The predicted octanol–water partition coefficient (Wildman–Crippen LogP) is 2.81. The molecule has 5 heteroatoms. The van der Waals surface area contributed by atoms with Gasteiger partial charge in [0.1, 0.15) is 11.3 Å². The van der Waals surface area contributed by atoms with Gasteiger partial charge < -0.3 is 14.5 Å². The van der Waals surface area contributed by atoms with E-state index in [0.29, 0.717) is 29.6 Å². The van der Waals surface area contributed by atoms with E-state index in [1.807, 2.05) is 24.3 Å². The molecule has 0 unspecified atom stereocenters. The van der Waals surface area contributed by atoms with Crippen LogP contribution in [0.5, 0.6) is 5.75 Å². The van der Waals surface area contributed by atoms with E-state index < -0.39 is 0 Å². The monoisotopic (exact) mass is 296 g/mol. The molecule has 0 spiro atoms. The Balaban J connectivity index is 1.62. The summed E-state index contributed by atoms with van der Waals surface area (Å²) in [5.41, 5.74) is 2.99. The van der Waals surface area contributed by atoms with Crippen LogP contribution < -0.4 is 10.1 Å². The van der Waals surface area contributed by atoms with Crippen molar-refractivity contribution in [3.63, 3.8) is 0 Å². The number of rotatable bonds is 5. The van der Waals surface area contributed by atoms with Crippen molar-refractivity contribution in [3.05, 3.63) is 60.0 Å². The largest absolute Gasteiger partial charge is 0.496 e. The van der Waals surface area contributed by atoms with Gasteiger partial charge in [-0.2, -0.15) is 0 Å². The Morgan fingerprint density at radius 1 is 1.27 bits per heavy atom. The number of methoxy groups -OCH3 is 1. The fourth-order valence-electron chi connectivity index (χ4n) is 2.32. The Bertz CT molecular complexity index is 795. The van der Waals surface area contributed by atoms with E-state index in [1.165, 1.54) is 6.39 Å². The van der Waals surface area contributed by atoms with Gasteiger partial charge in [-0.05, 0) is 36.2 Å². The van der Waals surface area contributed by atoms with Crippen molar-refractivity contribution < 1.29 is 13.9 Å². The number of carbonyl (C=O) groups is 1. The first kappa shape index (κ1) is 14.1. The number of oxazole rings is 1. The number of fused-ring (bicyclic) bond motifs is 1. The summed E-state index contributed by atoms with van der Waals surface area (Å²) in [6.07, 6.45) is 2.08. The molecule has 1 aromatic heterocycles. The number of hydrogen-bond donors (Lipinski definition) is 1. The molecule has 1 amide bonds. The molecule has 0 aliphatic heterocycles. The van der Waals surface area contributed by atoms with E-state index in [2.05, 4.69) is 10.3 Å². The summed E-state index contributed by atoms with van der Waals surface area (Å²) in [5, 5.41) is 2.90. The van der Waals surface area contributed by atoms with E-state index in [9.17, 15) is 4.79 Å². The van der Waals surface area contributed by atoms with Gasteiger partial charge in [0.05, 0.1) is 7.11 Å². The van der Waals surface area contributed by atoms with E-state index in [1.54, 1.807) is 25.3 Å². The van der Waals surface area contributed by atoms with Crippen LogP contribution >= 0.6 is 0 Å². The Morgan fingerprint density at radius 3 is 3.00 bits per heavy atom. The molecule has 0 saturated carbocycles. The molecule has 112 valence electrons. The van der Waals surface area contributed by atoms with E-state index in [-0.39, 0.29) is 5.91 Å². The number of hydrogen-bond acceptors (Lipinski definition) is 4. The Morgan fingerprint density at radius 2 is 2.14 bits per heavy atom. The van der Waals surface area contributed by atoms with Gasteiger partial charge in [0, 0.05) is 12.1 Å². The smallest absolute Gasteiger partial charge is 0.251 e. The maximum absolute atomic E-state index is 12.2. The molecule has 0 atom stereocenters. The number of ether oxygens (including phenoxy) is 1. The standard InChI is InChI=1S/C17H16N2O3/c1-21-15-5-3-2-4-12(15)8-9-18-17(20)13-6-7-16-14(10-13)19-11-22-16/h2-7,10-11H,8-9H2,1H3,(H,18,20). The van der Waals surface area contributed by atoms with Crippen LogP contribution in [0.4, 0.5) is 0 Å². The van der Waals surface area contributed by atoms with Crippen molar-refractivity contribution >= 4 is 17.0 Å². The van der Waals surface area contributed by atoms with Crippen molar-refractivity contribution in [1.82, 2.24) is 10.3 Å². The number of benzene rings is 2. The van der Waals surface area contributed by atoms with Crippen molar-refractivity contribution in [2.45, 2.75) is 6.42 Å². The first-order valence-corrected chi connectivity index (χ1v) is 7.01. The number of nitrogens with zero attached hydrogens (tertiary/aromatic N) is 1. The number of amides is 1. The lowest BCUT2D eigenvalue weighted by molar-refractivity contribution is 0.0954. The van der Waals surface area contributed by atoms with Crippen molar-refractivity contribution in [1.29, 1.82) is 0 Å². The number of aromatic nitrogens is 1. The highest BCUT2D eigenvalue weighted by Gasteiger charge is 2.08. The second-order valence-electron chi connectivity index (χ2n) is 4.85. The zero-order valence-electron chi connectivity index (χ0n) is 12.2. The van der Waals surface area contributed by atoms with Crippen LogP contribution in [0.2, 0.25) is 0 Å². The van der Waals surface area contributed by atoms with Gasteiger partial charge in [-0.15, -0.1) is 0 Å². The Kier molecular flexibility index (Phi) is 4.05. The van der Waals surface area contributed by atoms with Crippen LogP contribution in [0, 0.1) is 0 Å². The minimum atomic E-state index is -0.125. The van der Waals surface area contributed by atoms with Crippen molar-refractivity contribution in [2.24, 2.45) is 0 Å². The lowest BCUT2D eigenvalue weighted by Gasteiger charge is -2.09. The summed E-state index contributed by atoms with van der Waals surface area (Å²) in [7, 11) is 1.64. The van der Waals surface area contributed by atoms with E-state index in [0.717, 1.165) is 11.3 Å². The predicted molar refractivity (Wildman–Crippen MR) is 83.0 cm³/mol. The lowest BCUT2D eigenvalue weighted by atomic mass is 10.1. The van der Waals surface area contributed by atoms with Crippen LogP contribution in [0.3, 0.4) is 0 Å². The third-order valence-electron chi connectivity index (χ3n) is 3.47. The Labute approximate surface area is 127 Å². The molecule has 0 aliphatic rings. The van der Waals surface area contributed by atoms with Gasteiger partial charge in [0.25, 0.3) is 5.91 Å². The highest BCUT2D eigenvalue weighted by Crippen LogP contribution is 2.17. The van der Waals surface area contributed by atoms with Crippen LogP contribution in [-0.2, 0) is 6.42 Å². The van der Waals surface area contributed by atoms with Gasteiger partial charge in [-0.25, -0.2) is 4.98 Å². The zero-order chi connectivity index (χ0) is 15.4. The Hall–Kier alpha value is -2.82. The molecule has 0 fully saturated rings. The van der Waals surface area contributed by atoms with Gasteiger partial charge >= 0.3 is 0 Å². The fraction of sp³-hybridized carbons (Fsp3) is 0.176. The highest BCUT2D eigenvalue weighted by molar-refractivity contribution is 5.97. The molecule has 2 aromatic carbocycles. The van der Waals surface area contributed by atoms with Gasteiger partial charge in [-0.3, -0.25) is 4.79 Å². The minimum Gasteiger partial charge on any atom is -0.496 e. The summed E-state index contributed by atoms with van der Waals surface area (Å²) in [5.74, 6) is 0.709. The molecule has 3 aromatic rings. The first-order chi connectivity index (χ1) is 10.8. The lowest BCUT2D eigenvalue weighted by Crippen LogP contribution is -2.25. The SMILES string of the molecule is COc1ccccc1CCNC(=O)c1ccc2ocnc2c1. The molecule has 1 N–H and O–H groups in total. The maximum Gasteiger partial charge on any atom is 0.251 e. The number of para-hydroxylation sites is 1. The zero-order valence-corrected chi connectivity index (χ0v) is 12.2. The number of carbonyl (C=O) groups excluding carboxylic acids is 1. The molecule has 1 heterocycles.